The van der Waals surface area contributed by atoms with E-state index in [4.69, 9.17) is 11.6 Å². The summed E-state index contributed by atoms with van der Waals surface area (Å²) in [6.07, 6.45) is 0. The molecule has 0 saturated heterocycles. The lowest BCUT2D eigenvalue weighted by molar-refractivity contribution is 0.581. The van der Waals surface area contributed by atoms with Crippen molar-refractivity contribution in [3.05, 3.63) is 111 Å². The van der Waals surface area contributed by atoms with E-state index in [1.165, 1.54) is 6.07 Å². The second-order valence-electron chi connectivity index (χ2n) is 7.68. The van der Waals surface area contributed by atoms with Gasteiger partial charge >= 0.3 is 4.87 Å². The lowest BCUT2D eigenvalue weighted by atomic mass is 10.1. The van der Waals surface area contributed by atoms with E-state index in [9.17, 15) is 13.2 Å². The van der Waals surface area contributed by atoms with Gasteiger partial charge in [-0.2, -0.15) is 0 Å². The molecule has 0 amide bonds. The number of aromatic nitrogens is 1. The van der Waals surface area contributed by atoms with Gasteiger partial charge in [0.05, 0.1) is 21.7 Å². The summed E-state index contributed by atoms with van der Waals surface area (Å²) in [7, 11) is -3.75. The van der Waals surface area contributed by atoms with E-state index in [-0.39, 0.29) is 16.3 Å². The maximum Gasteiger partial charge on any atom is 0.308 e. The summed E-state index contributed by atoms with van der Waals surface area (Å²) in [5.74, 6) is 0. The molecule has 0 saturated carbocycles. The van der Waals surface area contributed by atoms with E-state index in [1.807, 2.05) is 60.7 Å². The third kappa shape index (κ3) is 4.45. The Bertz CT molecular complexity index is 1660. The van der Waals surface area contributed by atoms with Gasteiger partial charge in [0, 0.05) is 11.6 Å². The van der Waals surface area contributed by atoms with Crippen molar-refractivity contribution in [2.45, 2.75) is 18.0 Å². The van der Waals surface area contributed by atoms with Gasteiger partial charge in [0.2, 0.25) is 10.0 Å². The summed E-state index contributed by atoms with van der Waals surface area (Å²) in [6, 6.07) is 25.9. The molecule has 0 aliphatic heterocycles. The molecule has 0 fully saturated rings. The Balaban J connectivity index is 1.40. The van der Waals surface area contributed by atoms with Gasteiger partial charge in [-0.3, -0.25) is 9.36 Å². The van der Waals surface area contributed by atoms with Crippen LogP contribution in [0, 0.1) is 0 Å². The maximum absolute atomic E-state index is 12.9. The first-order chi connectivity index (χ1) is 15.9. The highest BCUT2D eigenvalue weighted by Crippen LogP contribution is 2.24. The molecule has 1 N–H and O–H groups in total. The number of hydrogen-bond donors (Lipinski definition) is 1. The predicted octanol–water partition coefficient (Wildman–Crippen LogP) is 5.40. The molecule has 1 heterocycles. The van der Waals surface area contributed by atoms with Gasteiger partial charge in [-0.25, -0.2) is 13.1 Å². The number of benzene rings is 4. The van der Waals surface area contributed by atoms with Crippen molar-refractivity contribution in [1.82, 2.24) is 9.29 Å². The Morgan fingerprint density at radius 3 is 2.45 bits per heavy atom. The summed E-state index contributed by atoms with van der Waals surface area (Å²) in [6.45, 7) is 0.500. The Hall–Kier alpha value is -2.97. The molecule has 0 radical (unpaired) electrons. The van der Waals surface area contributed by atoms with Crippen LogP contribution in [0.4, 0.5) is 0 Å². The molecule has 5 nitrogen and oxygen atoms in total. The van der Waals surface area contributed by atoms with Gasteiger partial charge in [0.25, 0.3) is 0 Å². The van der Waals surface area contributed by atoms with Gasteiger partial charge in [-0.15, -0.1) is 0 Å². The molecule has 0 unspecified atom stereocenters. The third-order valence-corrected chi connectivity index (χ3v) is 8.23. The molecule has 5 aromatic rings. The Morgan fingerprint density at radius 2 is 1.64 bits per heavy atom. The van der Waals surface area contributed by atoms with E-state index >= 15 is 0 Å². The van der Waals surface area contributed by atoms with Gasteiger partial charge in [-0.05, 0) is 52.2 Å². The van der Waals surface area contributed by atoms with Crippen LogP contribution < -0.4 is 9.60 Å². The molecule has 8 heteroatoms. The van der Waals surface area contributed by atoms with Crippen molar-refractivity contribution in [2.24, 2.45) is 0 Å². The number of nitrogens with one attached hydrogen (secondary N) is 1. The predicted molar refractivity (Wildman–Crippen MR) is 135 cm³/mol. The fraction of sp³-hybridized carbons (Fsp3) is 0.0800. The van der Waals surface area contributed by atoms with Crippen LogP contribution in [0.25, 0.3) is 21.0 Å². The van der Waals surface area contributed by atoms with E-state index in [0.29, 0.717) is 21.8 Å². The lowest BCUT2D eigenvalue weighted by Crippen LogP contribution is -2.23. The molecule has 1 aromatic heterocycles. The van der Waals surface area contributed by atoms with Crippen molar-refractivity contribution in [2.75, 3.05) is 0 Å². The van der Waals surface area contributed by atoms with Crippen molar-refractivity contribution in [3.8, 4) is 0 Å². The largest absolute Gasteiger partial charge is 0.308 e. The fourth-order valence-corrected chi connectivity index (χ4v) is 6.01. The fourth-order valence-electron chi connectivity index (χ4n) is 3.77. The first-order valence-electron chi connectivity index (χ1n) is 10.2. The highest BCUT2D eigenvalue weighted by Gasteiger charge is 2.17. The Morgan fingerprint density at radius 1 is 0.879 bits per heavy atom. The Kier molecular flexibility index (Phi) is 5.80. The second kappa shape index (κ2) is 8.76. The summed E-state index contributed by atoms with van der Waals surface area (Å²) in [4.78, 5) is 12.6. The molecule has 0 aliphatic rings. The molecule has 0 spiro atoms. The average molecular weight is 495 g/mol. The zero-order chi connectivity index (χ0) is 23.0. The Labute approximate surface area is 199 Å². The summed E-state index contributed by atoms with van der Waals surface area (Å²) < 4.78 is 30.7. The molecule has 4 aromatic carbocycles. The number of thiazole rings is 1. The quantitative estimate of drug-likeness (QED) is 0.344. The van der Waals surface area contributed by atoms with E-state index < -0.39 is 10.0 Å². The molecule has 0 atom stereocenters. The summed E-state index contributed by atoms with van der Waals surface area (Å²) >= 11 is 7.27. The highest BCUT2D eigenvalue weighted by atomic mass is 35.5. The molecule has 166 valence electrons. The van der Waals surface area contributed by atoms with Crippen LogP contribution in [-0.4, -0.2) is 13.0 Å². The summed E-state index contributed by atoms with van der Waals surface area (Å²) in [5, 5.41) is 2.74. The van der Waals surface area contributed by atoms with Crippen molar-refractivity contribution < 1.29 is 8.42 Å². The zero-order valence-corrected chi connectivity index (χ0v) is 19.8. The van der Waals surface area contributed by atoms with Gasteiger partial charge < -0.3 is 0 Å². The lowest BCUT2D eigenvalue weighted by Gasteiger charge is -2.09. The molecular formula is C25H19ClN2O3S2. The van der Waals surface area contributed by atoms with Crippen LogP contribution >= 0.6 is 22.9 Å². The van der Waals surface area contributed by atoms with E-state index in [1.54, 1.807) is 22.8 Å². The standard InChI is InChI=1S/C25H19ClN2O3S2/c26-22-8-4-3-7-20(22)16-28-23-12-11-21(14-24(23)32-25(28)29)33(30,31)27-15-17-9-10-18-5-1-2-6-19(18)13-17/h1-14,27H,15-16H2. The third-order valence-electron chi connectivity index (χ3n) is 5.52. The second-order valence-corrected chi connectivity index (χ2v) is 10.8. The molecular weight excluding hydrogens is 476 g/mol. The van der Waals surface area contributed by atoms with E-state index in [0.717, 1.165) is 33.2 Å². The number of rotatable bonds is 6. The van der Waals surface area contributed by atoms with E-state index in [2.05, 4.69) is 4.72 Å². The molecule has 0 bridgehead atoms. The first-order valence-corrected chi connectivity index (χ1v) is 12.9. The number of halogens is 1. The van der Waals surface area contributed by atoms with Crippen LogP contribution in [0.1, 0.15) is 11.1 Å². The SMILES string of the molecule is O=c1sc2cc(S(=O)(=O)NCc3ccc4ccccc4c3)ccc2n1Cc1ccccc1Cl. The van der Waals surface area contributed by atoms with Crippen LogP contribution in [-0.2, 0) is 23.1 Å². The minimum Gasteiger partial charge on any atom is -0.294 e. The van der Waals surface area contributed by atoms with Crippen LogP contribution in [0.3, 0.4) is 0 Å². The number of fused-ring (bicyclic) bond motifs is 2. The van der Waals surface area contributed by atoms with Gasteiger partial charge in [0.15, 0.2) is 0 Å². The van der Waals surface area contributed by atoms with Crippen molar-refractivity contribution in [1.29, 1.82) is 0 Å². The molecule has 0 aliphatic carbocycles. The van der Waals surface area contributed by atoms with Crippen molar-refractivity contribution in [3.63, 3.8) is 0 Å². The minimum absolute atomic E-state index is 0.127. The first kappa shape index (κ1) is 21.9. The van der Waals surface area contributed by atoms with Gasteiger partial charge in [0.1, 0.15) is 0 Å². The number of sulfonamides is 1. The smallest absolute Gasteiger partial charge is 0.294 e. The van der Waals surface area contributed by atoms with Crippen LogP contribution in [0.15, 0.2) is 94.6 Å². The monoisotopic (exact) mass is 494 g/mol. The van der Waals surface area contributed by atoms with Crippen molar-refractivity contribution >= 4 is 54.0 Å². The summed E-state index contributed by atoms with van der Waals surface area (Å²) in [5.41, 5.74) is 2.38. The molecule has 33 heavy (non-hydrogen) atoms. The minimum atomic E-state index is -3.75. The topological polar surface area (TPSA) is 68.2 Å². The maximum atomic E-state index is 12.9. The molecule has 5 rings (SSSR count). The van der Waals surface area contributed by atoms with Crippen LogP contribution in [0.5, 0.6) is 0 Å². The zero-order valence-electron chi connectivity index (χ0n) is 17.4. The normalized spacial score (nSPS) is 11.9. The average Bonchev–Trinajstić information content (AvgIpc) is 3.13. The highest BCUT2D eigenvalue weighted by molar-refractivity contribution is 7.89. The van der Waals surface area contributed by atoms with Crippen LogP contribution in [0.2, 0.25) is 5.02 Å². The van der Waals surface area contributed by atoms with Gasteiger partial charge in [-0.1, -0.05) is 77.5 Å². The number of nitrogens with zero attached hydrogens (tertiary/aromatic N) is 1. The number of hydrogen-bond acceptors (Lipinski definition) is 4.